The highest BCUT2D eigenvalue weighted by atomic mass is 35.5. The number of hydrogen-bond acceptors (Lipinski definition) is 3. The molecule has 5 heteroatoms. The highest BCUT2D eigenvalue weighted by Gasteiger charge is 2.22. The van der Waals surface area contributed by atoms with Crippen LogP contribution in [0.25, 0.3) is 0 Å². The SMILES string of the molecule is CC1CN(c2cccc(Cl)c2C(=O)O)CCCO1. The summed E-state index contributed by atoms with van der Waals surface area (Å²) >= 11 is 5.98. The zero-order valence-electron chi connectivity index (χ0n) is 10.2. The molecule has 1 fully saturated rings. The summed E-state index contributed by atoms with van der Waals surface area (Å²) in [5.74, 6) is -0.992. The molecule has 1 heterocycles. The molecule has 1 atom stereocenters. The number of ether oxygens (including phenoxy) is 1. The summed E-state index contributed by atoms with van der Waals surface area (Å²) in [6.45, 7) is 4.16. The first-order valence-corrected chi connectivity index (χ1v) is 6.35. The van der Waals surface area contributed by atoms with Crippen LogP contribution in [0.5, 0.6) is 0 Å². The van der Waals surface area contributed by atoms with E-state index in [1.807, 2.05) is 11.8 Å². The van der Waals surface area contributed by atoms with E-state index in [2.05, 4.69) is 0 Å². The monoisotopic (exact) mass is 269 g/mol. The molecule has 0 aliphatic carbocycles. The second kappa shape index (κ2) is 5.59. The number of benzene rings is 1. The largest absolute Gasteiger partial charge is 0.478 e. The fourth-order valence-corrected chi connectivity index (χ4v) is 2.45. The van der Waals surface area contributed by atoms with Crippen molar-refractivity contribution in [2.24, 2.45) is 0 Å². The summed E-state index contributed by atoms with van der Waals surface area (Å²) in [6.07, 6.45) is 0.976. The zero-order chi connectivity index (χ0) is 13.1. The third kappa shape index (κ3) is 2.76. The lowest BCUT2D eigenvalue weighted by atomic mass is 10.1. The molecular weight excluding hydrogens is 254 g/mol. The van der Waals surface area contributed by atoms with Gasteiger partial charge in [-0.15, -0.1) is 0 Å². The molecule has 1 aliphatic heterocycles. The molecular formula is C13H16ClNO3. The van der Waals surface area contributed by atoms with Gasteiger partial charge in [0.1, 0.15) is 5.56 Å². The summed E-state index contributed by atoms with van der Waals surface area (Å²) in [4.78, 5) is 13.3. The number of carboxylic acids is 1. The summed E-state index contributed by atoms with van der Waals surface area (Å²) < 4.78 is 5.56. The summed E-state index contributed by atoms with van der Waals surface area (Å²) in [5, 5.41) is 9.55. The molecule has 0 amide bonds. The third-order valence-corrected chi connectivity index (χ3v) is 3.31. The van der Waals surface area contributed by atoms with E-state index in [9.17, 15) is 9.90 Å². The van der Waals surface area contributed by atoms with E-state index in [1.165, 1.54) is 0 Å². The number of carboxylic acid groups (broad SMARTS) is 1. The Labute approximate surface area is 111 Å². The first-order chi connectivity index (χ1) is 8.59. The quantitative estimate of drug-likeness (QED) is 0.897. The predicted molar refractivity (Wildman–Crippen MR) is 70.7 cm³/mol. The Morgan fingerprint density at radius 1 is 1.56 bits per heavy atom. The van der Waals surface area contributed by atoms with Crippen molar-refractivity contribution < 1.29 is 14.6 Å². The Kier molecular flexibility index (Phi) is 4.09. The van der Waals surface area contributed by atoms with Crippen LogP contribution in [0.15, 0.2) is 18.2 Å². The van der Waals surface area contributed by atoms with E-state index in [0.717, 1.165) is 13.0 Å². The molecule has 1 aromatic carbocycles. The van der Waals surface area contributed by atoms with Gasteiger partial charge in [0.15, 0.2) is 0 Å². The molecule has 1 N–H and O–H groups in total. The second-order valence-corrected chi connectivity index (χ2v) is 4.83. The molecule has 1 saturated heterocycles. The average Bonchev–Trinajstić information content (AvgIpc) is 2.53. The summed E-state index contributed by atoms with van der Waals surface area (Å²) in [5.41, 5.74) is 0.848. The Morgan fingerprint density at radius 3 is 3.06 bits per heavy atom. The van der Waals surface area contributed by atoms with Gasteiger partial charge in [0.05, 0.1) is 16.8 Å². The molecule has 0 spiro atoms. The van der Waals surface area contributed by atoms with Crippen molar-refractivity contribution in [2.45, 2.75) is 19.4 Å². The number of rotatable bonds is 2. The molecule has 0 radical (unpaired) electrons. The van der Waals surface area contributed by atoms with Gasteiger partial charge in [-0.05, 0) is 25.5 Å². The Bertz CT molecular complexity index is 450. The van der Waals surface area contributed by atoms with Crippen LogP contribution in [-0.2, 0) is 4.74 Å². The number of halogens is 1. The highest BCUT2D eigenvalue weighted by molar-refractivity contribution is 6.34. The number of nitrogens with zero attached hydrogens (tertiary/aromatic N) is 1. The van der Waals surface area contributed by atoms with Crippen molar-refractivity contribution in [1.82, 2.24) is 0 Å². The lowest BCUT2D eigenvalue weighted by Crippen LogP contribution is -2.31. The predicted octanol–water partition coefficient (Wildman–Crippen LogP) is 2.65. The van der Waals surface area contributed by atoms with Gasteiger partial charge in [0.25, 0.3) is 0 Å². The van der Waals surface area contributed by atoms with E-state index in [1.54, 1.807) is 18.2 Å². The lowest BCUT2D eigenvalue weighted by molar-refractivity contribution is 0.0696. The minimum atomic E-state index is -0.992. The van der Waals surface area contributed by atoms with Crippen LogP contribution in [0.1, 0.15) is 23.7 Å². The van der Waals surface area contributed by atoms with Crippen molar-refractivity contribution in [3.05, 3.63) is 28.8 Å². The summed E-state index contributed by atoms with van der Waals surface area (Å²) in [7, 11) is 0. The smallest absolute Gasteiger partial charge is 0.339 e. The van der Waals surface area contributed by atoms with Crippen molar-refractivity contribution >= 4 is 23.3 Å². The number of hydrogen-bond donors (Lipinski definition) is 1. The van der Waals surface area contributed by atoms with Crippen molar-refractivity contribution in [1.29, 1.82) is 0 Å². The normalized spacial score (nSPS) is 20.6. The topological polar surface area (TPSA) is 49.8 Å². The molecule has 0 aromatic heterocycles. The summed E-state index contributed by atoms with van der Waals surface area (Å²) in [6, 6.07) is 5.18. The standard InChI is InChI=1S/C13H16ClNO3/c1-9-8-15(6-3-7-18-9)11-5-2-4-10(14)12(11)13(16)17/h2,4-5,9H,3,6-8H2,1H3,(H,16,17). The molecule has 0 saturated carbocycles. The molecule has 2 rings (SSSR count). The third-order valence-electron chi connectivity index (χ3n) is 3.00. The van der Waals surface area contributed by atoms with Crippen LogP contribution in [0.4, 0.5) is 5.69 Å². The van der Waals surface area contributed by atoms with E-state index in [4.69, 9.17) is 16.3 Å². The highest BCUT2D eigenvalue weighted by Crippen LogP contribution is 2.28. The average molecular weight is 270 g/mol. The van der Waals surface area contributed by atoms with Crippen LogP contribution in [0.3, 0.4) is 0 Å². The number of aromatic carboxylic acids is 1. The van der Waals surface area contributed by atoms with Crippen LogP contribution in [0.2, 0.25) is 5.02 Å². The molecule has 0 bridgehead atoms. The van der Waals surface area contributed by atoms with Gasteiger partial charge in [0.2, 0.25) is 0 Å². The molecule has 1 aromatic rings. The van der Waals surface area contributed by atoms with E-state index < -0.39 is 5.97 Å². The first kappa shape index (κ1) is 13.2. The van der Waals surface area contributed by atoms with Gasteiger partial charge < -0.3 is 14.7 Å². The van der Waals surface area contributed by atoms with Gasteiger partial charge >= 0.3 is 5.97 Å². The maximum Gasteiger partial charge on any atom is 0.339 e. The number of carbonyl (C=O) groups is 1. The Hall–Kier alpha value is -1.26. The molecule has 1 unspecified atom stereocenters. The van der Waals surface area contributed by atoms with E-state index in [0.29, 0.717) is 18.8 Å². The van der Waals surface area contributed by atoms with Crippen molar-refractivity contribution in [2.75, 3.05) is 24.6 Å². The zero-order valence-corrected chi connectivity index (χ0v) is 11.0. The van der Waals surface area contributed by atoms with Crippen LogP contribution < -0.4 is 4.90 Å². The van der Waals surface area contributed by atoms with Crippen molar-refractivity contribution in [3.8, 4) is 0 Å². The Balaban J connectivity index is 2.37. The van der Waals surface area contributed by atoms with E-state index >= 15 is 0 Å². The second-order valence-electron chi connectivity index (χ2n) is 4.42. The lowest BCUT2D eigenvalue weighted by Gasteiger charge is -2.26. The van der Waals surface area contributed by atoms with Crippen LogP contribution in [-0.4, -0.2) is 36.9 Å². The minimum absolute atomic E-state index is 0.0909. The van der Waals surface area contributed by atoms with Gasteiger partial charge in [0, 0.05) is 19.7 Å². The molecule has 4 nitrogen and oxygen atoms in total. The number of anilines is 1. The van der Waals surface area contributed by atoms with Crippen LogP contribution in [0, 0.1) is 0 Å². The minimum Gasteiger partial charge on any atom is -0.478 e. The fourth-order valence-electron chi connectivity index (χ4n) is 2.20. The molecule has 98 valence electrons. The van der Waals surface area contributed by atoms with Crippen LogP contribution >= 0.6 is 11.6 Å². The first-order valence-electron chi connectivity index (χ1n) is 5.98. The molecule has 1 aliphatic rings. The maximum atomic E-state index is 11.3. The Morgan fingerprint density at radius 2 is 2.33 bits per heavy atom. The van der Waals surface area contributed by atoms with Gasteiger partial charge in [-0.3, -0.25) is 0 Å². The van der Waals surface area contributed by atoms with Gasteiger partial charge in [-0.2, -0.15) is 0 Å². The molecule has 18 heavy (non-hydrogen) atoms. The van der Waals surface area contributed by atoms with E-state index in [-0.39, 0.29) is 16.7 Å². The van der Waals surface area contributed by atoms with Gasteiger partial charge in [-0.1, -0.05) is 17.7 Å². The van der Waals surface area contributed by atoms with Gasteiger partial charge in [-0.25, -0.2) is 4.79 Å². The fraction of sp³-hybridized carbons (Fsp3) is 0.462. The maximum absolute atomic E-state index is 11.3. The van der Waals surface area contributed by atoms with Crippen molar-refractivity contribution in [3.63, 3.8) is 0 Å².